The summed E-state index contributed by atoms with van der Waals surface area (Å²) in [5, 5.41) is 0. The Kier molecular flexibility index (Phi) is 16.6. The van der Waals surface area contributed by atoms with Crippen LogP contribution in [0.15, 0.2) is 0 Å². The molecule has 0 saturated heterocycles. The molecule has 0 aliphatic heterocycles. The zero-order valence-corrected chi connectivity index (χ0v) is 14.6. The molecule has 0 spiro atoms. The normalized spacial score (nSPS) is 12.1. The van der Waals surface area contributed by atoms with Crippen LogP contribution in [0.4, 0.5) is 0 Å². The quantitative estimate of drug-likeness (QED) is 0.394. The van der Waals surface area contributed by atoms with Crippen LogP contribution in [0.25, 0.3) is 0 Å². The highest BCUT2D eigenvalue weighted by Crippen LogP contribution is 2.09. The van der Waals surface area contributed by atoms with E-state index in [0.717, 1.165) is 6.42 Å². The van der Waals surface area contributed by atoms with Gasteiger partial charge in [-0.25, -0.2) is 0 Å². The smallest absolute Gasteiger partial charge is 0.323 e. The molecule has 3 nitrogen and oxygen atoms in total. The SMILES string of the molecule is CCCCCCCCCCCOC(=O)C(C)N(C)C.Cl. The van der Waals surface area contributed by atoms with Crippen LogP contribution in [-0.4, -0.2) is 37.6 Å². The number of rotatable bonds is 12. The van der Waals surface area contributed by atoms with Gasteiger partial charge in [-0.3, -0.25) is 9.69 Å². The van der Waals surface area contributed by atoms with Crippen LogP contribution in [-0.2, 0) is 9.53 Å². The molecular weight excluding hydrogens is 274 g/mol. The Bertz CT molecular complexity index is 223. The van der Waals surface area contributed by atoms with Crippen LogP contribution in [0.3, 0.4) is 0 Å². The second-order valence-corrected chi connectivity index (χ2v) is 5.64. The van der Waals surface area contributed by atoms with Gasteiger partial charge in [-0.05, 0) is 27.4 Å². The van der Waals surface area contributed by atoms with E-state index in [0.29, 0.717) is 6.61 Å². The molecule has 0 saturated carbocycles. The molecule has 0 fully saturated rings. The van der Waals surface area contributed by atoms with Crippen molar-refractivity contribution < 1.29 is 9.53 Å². The van der Waals surface area contributed by atoms with Crippen LogP contribution in [0, 0.1) is 0 Å². The predicted octanol–water partition coefficient (Wildman–Crippen LogP) is 4.43. The molecule has 20 heavy (non-hydrogen) atoms. The van der Waals surface area contributed by atoms with E-state index in [1.807, 2.05) is 25.9 Å². The number of hydrogen-bond donors (Lipinski definition) is 0. The average molecular weight is 308 g/mol. The Hall–Kier alpha value is -0.280. The molecule has 0 heterocycles. The maximum atomic E-state index is 11.6. The lowest BCUT2D eigenvalue weighted by Gasteiger charge is -2.17. The monoisotopic (exact) mass is 307 g/mol. The number of likely N-dealkylation sites (N-methyl/N-ethyl adjacent to an activating group) is 1. The number of unbranched alkanes of at least 4 members (excludes halogenated alkanes) is 8. The molecule has 0 bridgehead atoms. The lowest BCUT2D eigenvalue weighted by molar-refractivity contribution is -0.148. The van der Waals surface area contributed by atoms with Gasteiger partial charge in [0.15, 0.2) is 0 Å². The second-order valence-electron chi connectivity index (χ2n) is 5.64. The lowest BCUT2D eigenvalue weighted by atomic mass is 10.1. The fourth-order valence-electron chi connectivity index (χ4n) is 1.92. The van der Waals surface area contributed by atoms with E-state index in [1.165, 1.54) is 51.4 Å². The van der Waals surface area contributed by atoms with E-state index in [4.69, 9.17) is 4.74 Å². The third-order valence-corrected chi connectivity index (χ3v) is 3.61. The van der Waals surface area contributed by atoms with E-state index in [9.17, 15) is 4.79 Å². The molecule has 1 atom stereocenters. The van der Waals surface area contributed by atoms with Crippen molar-refractivity contribution in [2.45, 2.75) is 77.7 Å². The summed E-state index contributed by atoms with van der Waals surface area (Å²) < 4.78 is 5.24. The van der Waals surface area contributed by atoms with Gasteiger partial charge in [0.25, 0.3) is 0 Å². The number of esters is 1. The Balaban J connectivity index is 0. The van der Waals surface area contributed by atoms with Gasteiger partial charge in [-0.1, -0.05) is 58.3 Å². The topological polar surface area (TPSA) is 29.5 Å². The molecular formula is C16H34ClNO2. The maximum Gasteiger partial charge on any atom is 0.323 e. The van der Waals surface area contributed by atoms with Crippen LogP contribution in [0.2, 0.25) is 0 Å². The summed E-state index contributed by atoms with van der Waals surface area (Å²) in [6.45, 7) is 4.70. The van der Waals surface area contributed by atoms with Gasteiger partial charge in [0.05, 0.1) is 6.61 Å². The second kappa shape index (κ2) is 15.1. The van der Waals surface area contributed by atoms with Crippen LogP contribution in [0.5, 0.6) is 0 Å². The molecule has 122 valence electrons. The number of halogens is 1. The fraction of sp³-hybridized carbons (Fsp3) is 0.938. The largest absolute Gasteiger partial charge is 0.465 e. The van der Waals surface area contributed by atoms with Gasteiger partial charge in [0.1, 0.15) is 6.04 Å². The Morgan fingerprint density at radius 2 is 1.40 bits per heavy atom. The minimum Gasteiger partial charge on any atom is -0.465 e. The van der Waals surface area contributed by atoms with E-state index >= 15 is 0 Å². The highest BCUT2D eigenvalue weighted by Gasteiger charge is 2.15. The summed E-state index contributed by atoms with van der Waals surface area (Å²) in [6.07, 6.45) is 11.6. The van der Waals surface area contributed by atoms with E-state index in [1.54, 1.807) is 0 Å². The Labute approximate surface area is 131 Å². The highest BCUT2D eigenvalue weighted by atomic mass is 35.5. The Morgan fingerprint density at radius 1 is 0.950 bits per heavy atom. The number of ether oxygens (including phenoxy) is 1. The molecule has 0 N–H and O–H groups in total. The standard InChI is InChI=1S/C16H33NO2.ClH/c1-5-6-7-8-9-10-11-12-13-14-19-16(18)15(2)17(3)4;/h15H,5-14H2,1-4H3;1H. The molecule has 1 unspecified atom stereocenters. The molecule has 4 heteroatoms. The van der Waals surface area contributed by atoms with Gasteiger partial charge in [0.2, 0.25) is 0 Å². The molecule has 0 radical (unpaired) electrons. The minimum absolute atomic E-state index is 0. The molecule has 0 aliphatic rings. The number of hydrogen-bond acceptors (Lipinski definition) is 3. The minimum atomic E-state index is -0.140. The number of carbonyl (C=O) groups excluding carboxylic acids is 1. The molecule has 0 aromatic rings. The average Bonchev–Trinajstić information content (AvgIpc) is 2.39. The summed E-state index contributed by atoms with van der Waals surface area (Å²) in [5.74, 6) is -0.107. The van der Waals surface area contributed by atoms with Crippen LogP contribution >= 0.6 is 12.4 Å². The van der Waals surface area contributed by atoms with Crippen molar-refractivity contribution in [1.29, 1.82) is 0 Å². The van der Waals surface area contributed by atoms with Crippen molar-refractivity contribution in [3.8, 4) is 0 Å². The van der Waals surface area contributed by atoms with Gasteiger partial charge < -0.3 is 4.74 Å². The first kappa shape index (κ1) is 22.0. The van der Waals surface area contributed by atoms with E-state index in [2.05, 4.69) is 6.92 Å². The van der Waals surface area contributed by atoms with Crippen LogP contribution in [0.1, 0.15) is 71.6 Å². The molecule has 0 rings (SSSR count). The first-order chi connectivity index (χ1) is 9.09. The molecule has 0 aromatic carbocycles. The Morgan fingerprint density at radius 3 is 1.85 bits per heavy atom. The first-order valence-electron chi connectivity index (χ1n) is 7.92. The van der Waals surface area contributed by atoms with Gasteiger partial charge in [0, 0.05) is 0 Å². The summed E-state index contributed by atoms with van der Waals surface area (Å²) in [6, 6.07) is -0.140. The predicted molar refractivity (Wildman–Crippen MR) is 88.6 cm³/mol. The maximum absolute atomic E-state index is 11.6. The van der Waals surface area contributed by atoms with Gasteiger partial charge in [-0.15, -0.1) is 12.4 Å². The van der Waals surface area contributed by atoms with Crippen molar-refractivity contribution in [3.05, 3.63) is 0 Å². The van der Waals surface area contributed by atoms with Crippen molar-refractivity contribution in [3.63, 3.8) is 0 Å². The highest BCUT2D eigenvalue weighted by molar-refractivity contribution is 5.85. The van der Waals surface area contributed by atoms with Crippen molar-refractivity contribution in [2.75, 3.05) is 20.7 Å². The summed E-state index contributed by atoms with van der Waals surface area (Å²) in [4.78, 5) is 13.4. The van der Waals surface area contributed by atoms with Gasteiger partial charge in [-0.2, -0.15) is 0 Å². The van der Waals surface area contributed by atoms with Crippen LogP contribution < -0.4 is 0 Å². The summed E-state index contributed by atoms with van der Waals surface area (Å²) in [7, 11) is 3.79. The van der Waals surface area contributed by atoms with E-state index in [-0.39, 0.29) is 24.4 Å². The number of nitrogens with zero attached hydrogens (tertiary/aromatic N) is 1. The number of carbonyl (C=O) groups is 1. The summed E-state index contributed by atoms with van der Waals surface area (Å²) >= 11 is 0. The zero-order valence-electron chi connectivity index (χ0n) is 13.8. The lowest BCUT2D eigenvalue weighted by Crippen LogP contribution is -2.34. The first-order valence-corrected chi connectivity index (χ1v) is 7.92. The van der Waals surface area contributed by atoms with Crippen molar-refractivity contribution in [1.82, 2.24) is 4.90 Å². The third-order valence-electron chi connectivity index (χ3n) is 3.61. The van der Waals surface area contributed by atoms with Crippen molar-refractivity contribution in [2.24, 2.45) is 0 Å². The molecule has 0 aliphatic carbocycles. The summed E-state index contributed by atoms with van der Waals surface area (Å²) in [5.41, 5.74) is 0. The third kappa shape index (κ3) is 12.7. The molecule has 0 amide bonds. The fourth-order valence-corrected chi connectivity index (χ4v) is 1.92. The van der Waals surface area contributed by atoms with Crippen molar-refractivity contribution >= 4 is 18.4 Å². The van der Waals surface area contributed by atoms with Gasteiger partial charge >= 0.3 is 5.97 Å². The van der Waals surface area contributed by atoms with E-state index < -0.39 is 0 Å². The molecule has 0 aromatic heterocycles. The zero-order chi connectivity index (χ0) is 14.5.